The number of hydrogen-bond acceptors (Lipinski definition) is 4. The van der Waals surface area contributed by atoms with Crippen molar-refractivity contribution < 1.29 is 13.2 Å². The number of hydrogen-bond donors (Lipinski definition) is 0. The molecule has 0 unspecified atom stereocenters. The normalized spacial score (nSPS) is 11.7. The molecule has 1 heterocycles. The first-order valence-corrected chi connectivity index (χ1v) is 10.1. The summed E-state index contributed by atoms with van der Waals surface area (Å²) in [5.74, 6) is -0.0862. The number of carbonyl (C=O) groups is 1. The van der Waals surface area contributed by atoms with Gasteiger partial charge in [0.05, 0.1) is 4.90 Å². The molecule has 0 aliphatic carbocycles. The van der Waals surface area contributed by atoms with Gasteiger partial charge in [-0.05, 0) is 53.1 Å². The van der Waals surface area contributed by atoms with Gasteiger partial charge < -0.3 is 4.90 Å². The Morgan fingerprint density at radius 3 is 2.29 bits per heavy atom. The lowest BCUT2D eigenvalue weighted by Gasteiger charge is -2.22. The van der Waals surface area contributed by atoms with Crippen molar-refractivity contribution in [2.24, 2.45) is 0 Å². The molecule has 0 N–H and O–H groups in total. The molecule has 0 saturated carbocycles. The molecule has 130 valence electrons. The number of rotatable bonds is 7. The van der Waals surface area contributed by atoms with E-state index in [1.807, 2.05) is 23.8 Å². The molecule has 1 aromatic carbocycles. The van der Waals surface area contributed by atoms with Gasteiger partial charge in [0, 0.05) is 32.7 Å². The maximum Gasteiger partial charge on any atom is 0.254 e. The summed E-state index contributed by atoms with van der Waals surface area (Å²) < 4.78 is 25.3. The van der Waals surface area contributed by atoms with Crippen molar-refractivity contribution >= 4 is 27.3 Å². The van der Waals surface area contributed by atoms with Crippen molar-refractivity contribution in [1.29, 1.82) is 0 Å². The molecule has 0 saturated heterocycles. The summed E-state index contributed by atoms with van der Waals surface area (Å²) in [6, 6.07) is 8.13. The molecule has 0 aliphatic rings. The predicted octanol–water partition coefficient (Wildman–Crippen LogP) is 3.05. The summed E-state index contributed by atoms with van der Waals surface area (Å²) in [5.41, 5.74) is 1.60. The van der Waals surface area contributed by atoms with Crippen LogP contribution in [0.1, 0.15) is 29.3 Å². The maximum absolute atomic E-state index is 12.7. The summed E-state index contributed by atoms with van der Waals surface area (Å²) in [7, 11) is -0.512. The Hall–Kier alpha value is -1.70. The Kier molecular flexibility index (Phi) is 6.15. The summed E-state index contributed by atoms with van der Waals surface area (Å²) in [6.07, 6.45) is 0.864. The van der Waals surface area contributed by atoms with E-state index in [9.17, 15) is 13.2 Å². The van der Waals surface area contributed by atoms with E-state index < -0.39 is 10.0 Å². The smallest absolute Gasteiger partial charge is 0.254 e. The number of thiophene rings is 1. The SMILES string of the molecule is CCCN(Cc1ccsc1)C(=O)c1ccc(S(=O)(=O)N(C)C)cc1. The van der Waals surface area contributed by atoms with Gasteiger partial charge in [-0.2, -0.15) is 11.3 Å². The average molecular weight is 367 g/mol. The van der Waals surface area contributed by atoms with Crippen LogP contribution < -0.4 is 0 Å². The van der Waals surface area contributed by atoms with Gasteiger partial charge in [-0.1, -0.05) is 6.92 Å². The lowest BCUT2D eigenvalue weighted by atomic mass is 10.2. The molecule has 7 heteroatoms. The Morgan fingerprint density at radius 1 is 1.12 bits per heavy atom. The summed E-state index contributed by atoms with van der Waals surface area (Å²) in [6.45, 7) is 3.25. The minimum absolute atomic E-state index is 0.0862. The Bertz CT molecular complexity index is 767. The third-order valence-electron chi connectivity index (χ3n) is 3.61. The lowest BCUT2D eigenvalue weighted by Crippen LogP contribution is -2.31. The van der Waals surface area contributed by atoms with Gasteiger partial charge in [0.1, 0.15) is 0 Å². The molecule has 2 rings (SSSR count). The second kappa shape index (κ2) is 7.92. The first-order valence-electron chi connectivity index (χ1n) is 7.69. The first kappa shape index (κ1) is 18.6. The van der Waals surface area contributed by atoms with Crippen LogP contribution in [0.5, 0.6) is 0 Å². The zero-order valence-corrected chi connectivity index (χ0v) is 15.7. The molecule has 0 bridgehead atoms. The number of nitrogens with zero attached hydrogens (tertiary/aromatic N) is 2. The zero-order chi connectivity index (χ0) is 17.7. The van der Waals surface area contributed by atoms with Crippen LogP contribution in [0.15, 0.2) is 46.0 Å². The summed E-state index contributed by atoms with van der Waals surface area (Å²) in [5, 5.41) is 4.02. The highest BCUT2D eigenvalue weighted by molar-refractivity contribution is 7.89. The maximum atomic E-state index is 12.7. The highest BCUT2D eigenvalue weighted by atomic mass is 32.2. The molecule has 0 atom stereocenters. The number of sulfonamides is 1. The number of carbonyl (C=O) groups excluding carboxylic acids is 1. The molecular formula is C17H22N2O3S2. The third kappa shape index (κ3) is 4.23. The summed E-state index contributed by atoms with van der Waals surface area (Å²) in [4.78, 5) is 14.7. The van der Waals surface area contributed by atoms with Crippen molar-refractivity contribution in [3.8, 4) is 0 Å². The van der Waals surface area contributed by atoms with Crippen molar-refractivity contribution in [3.05, 3.63) is 52.2 Å². The lowest BCUT2D eigenvalue weighted by molar-refractivity contribution is 0.0743. The van der Waals surface area contributed by atoms with E-state index in [2.05, 4.69) is 0 Å². The van der Waals surface area contributed by atoms with Gasteiger partial charge in [-0.3, -0.25) is 4.79 Å². The Labute approximate surface area is 147 Å². The highest BCUT2D eigenvalue weighted by Gasteiger charge is 2.19. The molecule has 24 heavy (non-hydrogen) atoms. The van der Waals surface area contributed by atoms with E-state index >= 15 is 0 Å². The molecule has 5 nitrogen and oxygen atoms in total. The molecule has 1 aromatic heterocycles. The van der Waals surface area contributed by atoms with Gasteiger partial charge in [-0.15, -0.1) is 0 Å². The molecule has 0 aliphatic heterocycles. The van der Waals surface area contributed by atoms with Crippen molar-refractivity contribution in [2.75, 3.05) is 20.6 Å². The van der Waals surface area contributed by atoms with Crippen LogP contribution in [-0.2, 0) is 16.6 Å². The zero-order valence-electron chi connectivity index (χ0n) is 14.1. The van der Waals surface area contributed by atoms with Crippen molar-refractivity contribution in [1.82, 2.24) is 9.21 Å². The van der Waals surface area contributed by atoms with Crippen molar-refractivity contribution in [3.63, 3.8) is 0 Å². The topological polar surface area (TPSA) is 57.7 Å². The Morgan fingerprint density at radius 2 is 1.79 bits per heavy atom. The molecule has 2 aromatic rings. The predicted molar refractivity (Wildman–Crippen MR) is 96.7 cm³/mol. The molecular weight excluding hydrogens is 344 g/mol. The Balaban J connectivity index is 2.21. The standard InChI is InChI=1S/C17H22N2O3S2/c1-4-10-19(12-14-9-11-23-13-14)17(20)15-5-7-16(8-6-15)24(21,22)18(2)3/h5-9,11,13H,4,10,12H2,1-3H3. The second-order valence-corrected chi connectivity index (χ2v) is 8.60. The molecule has 0 fully saturated rings. The van der Waals surface area contributed by atoms with E-state index in [0.717, 1.165) is 16.3 Å². The minimum atomic E-state index is -3.48. The van der Waals surface area contributed by atoms with E-state index in [1.165, 1.54) is 26.2 Å². The van der Waals surface area contributed by atoms with Crippen LogP contribution in [-0.4, -0.2) is 44.2 Å². The molecule has 1 amide bonds. The van der Waals surface area contributed by atoms with Gasteiger partial charge in [0.25, 0.3) is 5.91 Å². The fourth-order valence-electron chi connectivity index (χ4n) is 2.29. The van der Waals surface area contributed by atoms with Crippen LogP contribution in [0.4, 0.5) is 0 Å². The third-order valence-corrected chi connectivity index (χ3v) is 6.18. The molecule has 0 spiro atoms. The number of amides is 1. The van der Waals surface area contributed by atoms with Crippen LogP contribution in [0, 0.1) is 0 Å². The highest BCUT2D eigenvalue weighted by Crippen LogP contribution is 2.17. The minimum Gasteiger partial charge on any atom is -0.334 e. The first-order chi connectivity index (χ1) is 11.4. The second-order valence-electron chi connectivity index (χ2n) is 5.67. The van der Waals surface area contributed by atoms with Crippen LogP contribution in [0.2, 0.25) is 0 Å². The largest absolute Gasteiger partial charge is 0.334 e. The average Bonchev–Trinajstić information content (AvgIpc) is 3.07. The van der Waals surface area contributed by atoms with Gasteiger partial charge >= 0.3 is 0 Å². The number of benzene rings is 1. The molecule has 0 radical (unpaired) electrons. The summed E-state index contributed by atoms with van der Waals surface area (Å²) >= 11 is 1.61. The fourth-order valence-corrected chi connectivity index (χ4v) is 3.85. The van der Waals surface area contributed by atoms with Gasteiger partial charge in [0.2, 0.25) is 10.0 Å². The van der Waals surface area contributed by atoms with Crippen LogP contribution in [0.3, 0.4) is 0 Å². The van der Waals surface area contributed by atoms with Crippen LogP contribution >= 0.6 is 11.3 Å². The van der Waals surface area contributed by atoms with Crippen molar-refractivity contribution in [2.45, 2.75) is 24.8 Å². The van der Waals surface area contributed by atoms with Gasteiger partial charge in [0.15, 0.2) is 0 Å². The van der Waals surface area contributed by atoms with E-state index in [1.54, 1.807) is 28.4 Å². The van der Waals surface area contributed by atoms with Gasteiger partial charge in [-0.25, -0.2) is 12.7 Å². The van der Waals surface area contributed by atoms with E-state index in [0.29, 0.717) is 18.7 Å². The van der Waals surface area contributed by atoms with E-state index in [4.69, 9.17) is 0 Å². The van der Waals surface area contributed by atoms with E-state index in [-0.39, 0.29) is 10.8 Å². The van der Waals surface area contributed by atoms with Crippen LogP contribution in [0.25, 0.3) is 0 Å². The quantitative estimate of drug-likeness (QED) is 0.757. The monoisotopic (exact) mass is 366 g/mol. The fraction of sp³-hybridized carbons (Fsp3) is 0.353.